The highest BCUT2D eigenvalue weighted by Gasteiger charge is 2.00. The molecule has 0 aliphatic heterocycles. The summed E-state index contributed by atoms with van der Waals surface area (Å²) < 4.78 is 8.34. The van der Waals surface area contributed by atoms with Crippen molar-refractivity contribution in [1.29, 1.82) is 0 Å². The van der Waals surface area contributed by atoms with Crippen molar-refractivity contribution >= 4 is 32.3 Å². The van der Waals surface area contributed by atoms with Crippen LogP contribution in [0.4, 0.5) is 0 Å². The number of aryl methyl sites for hydroxylation is 1. The fraction of sp³-hybridized carbons (Fsp3) is 0.344. The highest BCUT2D eigenvalue weighted by Crippen LogP contribution is 2.21. The first-order chi connectivity index (χ1) is 18.3. The molecule has 1 unspecified atom stereocenters. The summed E-state index contributed by atoms with van der Waals surface area (Å²) in [5.74, 6) is 0.681. The molecule has 0 aromatic heterocycles. The van der Waals surface area contributed by atoms with Crippen LogP contribution in [-0.4, -0.2) is 33.0 Å². The zero-order valence-electron chi connectivity index (χ0n) is 24.4. The smallest absolute Gasteiger partial charge is 0.140 e. The van der Waals surface area contributed by atoms with E-state index >= 15 is 0 Å². The Morgan fingerprint density at radius 1 is 1.11 bits per heavy atom. The molecule has 38 heavy (non-hydrogen) atoms. The molecule has 0 aliphatic rings. The summed E-state index contributed by atoms with van der Waals surface area (Å²) in [7, 11) is 2.67. The number of allylic oxidation sites excluding steroid dienone is 5. The van der Waals surface area contributed by atoms with Crippen LogP contribution in [0, 0.1) is 19.5 Å². The minimum atomic E-state index is 0.681. The van der Waals surface area contributed by atoms with Crippen LogP contribution in [-0.2, 0) is 0 Å². The van der Waals surface area contributed by atoms with Crippen LogP contribution in [0.3, 0.4) is 0 Å². The number of ether oxygens (including phenoxy) is 1. The van der Waals surface area contributed by atoms with Crippen molar-refractivity contribution in [2.75, 3.05) is 26.8 Å². The Balaban J connectivity index is 0.00000105. The van der Waals surface area contributed by atoms with Gasteiger partial charge in [-0.1, -0.05) is 65.3 Å². The van der Waals surface area contributed by atoms with E-state index in [4.69, 9.17) is 11.2 Å². The third kappa shape index (κ3) is 15.5. The molecule has 0 saturated heterocycles. The topological polar surface area (TPSA) is 45.6 Å². The van der Waals surface area contributed by atoms with Gasteiger partial charge >= 0.3 is 0 Å². The van der Waals surface area contributed by atoms with Gasteiger partial charge in [0.2, 0.25) is 0 Å². The van der Waals surface area contributed by atoms with Crippen molar-refractivity contribution in [3.05, 3.63) is 88.9 Å². The first-order valence-corrected chi connectivity index (χ1v) is 15.2. The lowest BCUT2D eigenvalue weighted by atomic mass is 10.0. The van der Waals surface area contributed by atoms with Crippen LogP contribution in [0.2, 0.25) is 0 Å². The molecule has 2 rings (SSSR count). The normalized spacial score (nSPS) is 10.7. The number of nitrogens with zero attached hydrogens (tertiary/aromatic N) is 1. The molecule has 206 valence electrons. The molecule has 0 bridgehead atoms. The van der Waals surface area contributed by atoms with Crippen LogP contribution in [0.25, 0.3) is 5.57 Å². The monoisotopic (exact) mass is 551 g/mol. The minimum absolute atomic E-state index is 0.681. The SMILES string of the molecule is C#COc1ccc(SNCCCN/C(C)=C/C(=C)c2ccccc2C)cc1.CC.CN=CC(PC)=C(C)C. The van der Waals surface area contributed by atoms with E-state index in [1.165, 1.54) is 22.0 Å². The molecule has 1 atom stereocenters. The Morgan fingerprint density at radius 3 is 2.29 bits per heavy atom. The zero-order valence-corrected chi connectivity index (χ0v) is 26.3. The number of benzene rings is 2. The molecule has 2 N–H and O–H groups in total. The molecular formula is C32H46N3OPS. The lowest BCUT2D eigenvalue weighted by Gasteiger charge is -2.10. The number of nitrogens with one attached hydrogen (secondary N) is 2. The Morgan fingerprint density at radius 2 is 1.76 bits per heavy atom. The molecule has 0 aliphatic carbocycles. The Hall–Kier alpha value is -2.77. The number of rotatable bonds is 12. The third-order valence-electron chi connectivity index (χ3n) is 5.00. The van der Waals surface area contributed by atoms with Gasteiger partial charge in [-0.25, -0.2) is 0 Å². The second kappa shape index (κ2) is 22.2. The molecular weight excluding hydrogens is 505 g/mol. The van der Waals surface area contributed by atoms with Crippen molar-refractivity contribution in [2.24, 2.45) is 4.99 Å². The summed E-state index contributed by atoms with van der Waals surface area (Å²) in [5, 5.41) is 4.81. The van der Waals surface area contributed by atoms with E-state index in [0.29, 0.717) is 5.75 Å². The van der Waals surface area contributed by atoms with Gasteiger partial charge in [0.05, 0.1) is 0 Å². The second-order valence-electron chi connectivity index (χ2n) is 8.19. The lowest BCUT2D eigenvalue weighted by Crippen LogP contribution is -2.17. The van der Waals surface area contributed by atoms with Crippen molar-refractivity contribution in [3.8, 4) is 18.3 Å². The molecule has 0 heterocycles. The fourth-order valence-corrected chi connectivity index (χ4v) is 4.56. The van der Waals surface area contributed by atoms with E-state index in [2.05, 4.69) is 80.3 Å². The van der Waals surface area contributed by atoms with Gasteiger partial charge in [0.25, 0.3) is 0 Å². The second-order valence-corrected chi connectivity index (χ2v) is 10.2. The Labute approximate surface area is 238 Å². The maximum absolute atomic E-state index is 5.10. The first kappa shape index (κ1) is 35.2. The van der Waals surface area contributed by atoms with Gasteiger partial charge < -0.3 is 10.1 Å². The van der Waals surface area contributed by atoms with Crippen LogP contribution < -0.4 is 14.8 Å². The van der Waals surface area contributed by atoms with Crippen LogP contribution >= 0.6 is 20.5 Å². The average molecular weight is 552 g/mol. The summed E-state index contributed by atoms with van der Waals surface area (Å²) in [6, 6.07) is 16.0. The number of hydrogen-bond acceptors (Lipinski definition) is 5. The van der Waals surface area contributed by atoms with Gasteiger partial charge in [-0.15, -0.1) is 0 Å². The zero-order chi connectivity index (χ0) is 28.8. The van der Waals surface area contributed by atoms with Gasteiger partial charge in [0.15, 0.2) is 0 Å². The van der Waals surface area contributed by atoms with E-state index in [1.807, 2.05) is 63.5 Å². The molecule has 0 radical (unpaired) electrons. The van der Waals surface area contributed by atoms with Gasteiger partial charge in [-0.05, 0) is 105 Å². The van der Waals surface area contributed by atoms with Crippen LogP contribution in [0.5, 0.6) is 5.75 Å². The lowest BCUT2D eigenvalue weighted by molar-refractivity contribution is 0.520. The van der Waals surface area contributed by atoms with Crippen molar-refractivity contribution in [3.63, 3.8) is 0 Å². The van der Waals surface area contributed by atoms with E-state index in [1.54, 1.807) is 11.9 Å². The van der Waals surface area contributed by atoms with E-state index < -0.39 is 0 Å². The predicted octanol–water partition coefficient (Wildman–Crippen LogP) is 8.47. The highest BCUT2D eigenvalue weighted by molar-refractivity contribution is 7.97. The Kier molecular flexibility index (Phi) is 20.6. The average Bonchev–Trinajstić information content (AvgIpc) is 2.92. The summed E-state index contributed by atoms with van der Waals surface area (Å²) in [4.78, 5) is 5.08. The first-order valence-electron chi connectivity index (χ1n) is 12.9. The number of hydrogen-bond donors (Lipinski definition) is 2. The molecule has 2 aromatic carbocycles. The minimum Gasteiger partial charge on any atom is -0.408 e. The fourth-order valence-electron chi connectivity index (χ4n) is 3.12. The summed E-state index contributed by atoms with van der Waals surface area (Å²) >= 11 is 1.60. The predicted molar refractivity (Wildman–Crippen MR) is 175 cm³/mol. The van der Waals surface area contributed by atoms with E-state index in [-0.39, 0.29) is 0 Å². The van der Waals surface area contributed by atoms with Crippen LogP contribution in [0.15, 0.2) is 87.7 Å². The standard InChI is InChI=1S/C23H26N2OS.C7H14NP.C2H6/c1-5-26-21-11-13-22(14-12-21)27-25-16-8-15-24-20(4)17-19(3)23-10-7-6-9-18(23)2;1-6(2)7(9-4)5-8-3;1-2/h1,6-7,9-14,17,24-25H,3,8,15-16H2,2,4H3;5,9H,1-4H3;1-2H3/b20-17+;;. The molecule has 0 spiro atoms. The van der Waals surface area contributed by atoms with E-state index in [9.17, 15) is 0 Å². The Bertz CT molecular complexity index is 1080. The maximum Gasteiger partial charge on any atom is 0.140 e. The van der Waals surface area contributed by atoms with Gasteiger partial charge in [-0.3, -0.25) is 9.71 Å². The summed E-state index contributed by atoms with van der Waals surface area (Å²) in [5.41, 5.74) is 5.97. The molecule has 0 amide bonds. The van der Waals surface area contributed by atoms with Gasteiger partial charge in [-0.2, -0.15) is 0 Å². The summed E-state index contributed by atoms with van der Waals surface area (Å²) in [6.07, 6.45) is 12.3. The molecule has 6 heteroatoms. The maximum atomic E-state index is 5.10. The molecule has 0 saturated carbocycles. The third-order valence-corrected chi connectivity index (χ3v) is 7.02. The summed E-state index contributed by atoms with van der Waals surface area (Å²) in [6.45, 7) is 20.6. The van der Waals surface area contributed by atoms with Gasteiger partial charge in [0.1, 0.15) is 11.9 Å². The highest BCUT2D eigenvalue weighted by atomic mass is 32.2. The quantitative estimate of drug-likeness (QED) is 0.0693. The molecule has 0 fully saturated rings. The van der Waals surface area contributed by atoms with Crippen LogP contribution in [0.1, 0.15) is 52.2 Å². The van der Waals surface area contributed by atoms with E-state index in [0.717, 1.165) is 44.3 Å². The largest absolute Gasteiger partial charge is 0.408 e. The van der Waals surface area contributed by atoms with Crippen molar-refractivity contribution in [2.45, 2.75) is 52.9 Å². The number of aliphatic imine (C=N–C) groups is 1. The van der Waals surface area contributed by atoms with Crippen molar-refractivity contribution in [1.82, 2.24) is 10.0 Å². The number of terminal acetylenes is 1. The van der Waals surface area contributed by atoms with Gasteiger partial charge in [0, 0.05) is 36.9 Å². The van der Waals surface area contributed by atoms with Crippen molar-refractivity contribution < 1.29 is 4.74 Å². The molecule has 4 nitrogen and oxygen atoms in total. The molecule has 2 aromatic rings.